The molecule has 0 saturated heterocycles. The highest BCUT2D eigenvalue weighted by Crippen LogP contribution is 2.18. The van der Waals surface area contributed by atoms with E-state index in [0.717, 1.165) is 0 Å². The normalized spacial score (nSPS) is 10.5. The van der Waals surface area contributed by atoms with Crippen LogP contribution in [-0.2, 0) is 4.79 Å². The summed E-state index contributed by atoms with van der Waals surface area (Å²) in [5.74, 6) is 0.831. The number of carbonyl (C=O) groups excluding carboxylic acids is 1. The highest BCUT2D eigenvalue weighted by molar-refractivity contribution is 5.69. The molecule has 1 rings (SSSR count). The van der Waals surface area contributed by atoms with Gasteiger partial charge in [0.25, 0.3) is 0 Å². The molecule has 0 unspecified atom stereocenters. The highest BCUT2D eigenvalue weighted by Gasteiger charge is 1.99. The molecule has 0 aliphatic carbocycles. The van der Waals surface area contributed by atoms with Gasteiger partial charge in [-0.2, -0.15) is 0 Å². The molecule has 1 heterocycles. The maximum atomic E-state index is 10.5. The minimum Gasteiger partial charge on any atom is -0.425 e. The third-order valence-electron chi connectivity index (χ3n) is 1.17. The molecule has 1 N–H and O–H groups in total. The maximum Gasteiger partial charge on any atom is 0.308 e. The van der Waals surface area contributed by atoms with Crippen LogP contribution in [0, 0.1) is 0 Å². The summed E-state index contributed by atoms with van der Waals surface area (Å²) in [7, 11) is 0. The van der Waals surface area contributed by atoms with Crippen LogP contribution in [-0.4, -0.2) is 17.2 Å². The van der Waals surface area contributed by atoms with Gasteiger partial charge in [0.2, 0.25) is 0 Å². The Morgan fingerprint density at radius 1 is 1.75 bits per heavy atom. The van der Waals surface area contributed by atoms with Crippen LogP contribution in [0.4, 0.5) is 5.82 Å². The van der Waals surface area contributed by atoms with E-state index in [4.69, 9.17) is 4.74 Å². The van der Waals surface area contributed by atoms with Gasteiger partial charge in [0.05, 0.1) is 0 Å². The zero-order valence-corrected chi connectivity index (χ0v) is 7.00. The van der Waals surface area contributed by atoms with E-state index in [-0.39, 0.29) is 5.97 Å². The van der Waals surface area contributed by atoms with Crippen LogP contribution in [0.25, 0.3) is 0 Å². The lowest BCUT2D eigenvalue weighted by Gasteiger charge is -1.92. The molecule has 0 atom stereocenters. The first kappa shape index (κ1) is 8.52. The van der Waals surface area contributed by atoms with E-state index in [9.17, 15) is 4.79 Å². The highest BCUT2D eigenvalue weighted by atomic mass is 16.5. The van der Waals surface area contributed by atoms with Gasteiger partial charge >= 0.3 is 5.97 Å². The lowest BCUT2D eigenvalue weighted by Crippen LogP contribution is -1.99. The molecule has 0 aliphatic heterocycles. The van der Waals surface area contributed by atoms with Gasteiger partial charge in [0, 0.05) is 25.4 Å². The van der Waals surface area contributed by atoms with Crippen molar-refractivity contribution in [1.82, 2.24) is 4.98 Å². The van der Waals surface area contributed by atoms with Crippen molar-refractivity contribution in [3.05, 3.63) is 12.3 Å². The number of aliphatic imine (C=N–C) groups is 1. The smallest absolute Gasteiger partial charge is 0.308 e. The van der Waals surface area contributed by atoms with E-state index < -0.39 is 0 Å². The Morgan fingerprint density at radius 3 is 3.08 bits per heavy atom. The van der Waals surface area contributed by atoms with Gasteiger partial charge in [0.15, 0.2) is 5.75 Å². The lowest BCUT2D eigenvalue weighted by atomic mass is 10.5. The molecule has 0 amide bonds. The van der Waals surface area contributed by atoms with Gasteiger partial charge in [-0.3, -0.25) is 4.79 Å². The number of aromatic amines is 1. The second-order valence-electron chi connectivity index (χ2n) is 2.20. The Bertz CT molecular complexity index is 302. The number of carbonyl (C=O) groups is 1. The molecule has 1 aromatic heterocycles. The van der Waals surface area contributed by atoms with Gasteiger partial charge in [-0.1, -0.05) is 0 Å². The molecule has 64 valence electrons. The number of H-pyrrole nitrogens is 1. The van der Waals surface area contributed by atoms with Crippen LogP contribution in [0.1, 0.15) is 13.8 Å². The number of hydrogen-bond donors (Lipinski definition) is 1. The largest absolute Gasteiger partial charge is 0.425 e. The second kappa shape index (κ2) is 3.71. The Balaban J connectivity index is 2.70. The molecular weight excluding hydrogens is 156 g/mol. The molecule has 0 bridgehead atoms. The summed E-state index contributed by atoms with van der Waals surface area (Å²) in [6.07, 6.45) is 3.24. The van der Waals surface area contributed by atoms with E-state index in [1.54, 1.807) is 18.5 Å². The number of nitrogens with one attached hydrogen (secondary N) is 1. The fraction of sp³-hybridized carbons (Fsp3) is 0.250. The van der Waals surface area contributed by atoms with Crippen LogP contribution in [0.15, 0.2) is 17.3 Å². The van der Waals surface area contributed by atoms with Crippen LogP contribution >= 0.6 is 0 Å². The molecule has 4 nitrogen and oxygen atoms in total. The van der Waals surface area contributed by atoms with Gasteiger partial charge in [0.1, 0.15) is 5.82 Å². The lowest BCUT2D eigenvalue weighted by molar-refractivity contribution is -0.131. The average molecular weight is 166 g/mol. The monoisotopic (exact) mass is 166 g/mol. The minimum atomic E-state index is -0.332. The molecular formula is C8H10N2O2. The van der Waals surface area contributed by atoms with Gasteiger partial charge in [-0.05, 0) is 6.92 Å². The number of nitrogens with zero attached hydrogens (tertiary/aromatic N) is 1. The number of rotatable bonds is 2. The van der Waals surface area contributed by atoms with Crippen molar-refractivity contribution in [2.45, 2.75) is 13.8 Å². The zero-order valence-electron chi connectivity index (χ0n) is 7.00. The molecule has 0 saturated carbocycles. The van der Waals surface area contributed by atoms with E-state index >= 15 is 0 Å². The van der Waals surface area contributed by atoms with Crippen molar-refractivity contribution in [1.29, 1.82) is 0 Å². The molecule has 0 spiro atoms. The van der Waals surface area contributed by atoms with E-state index in [1.165, 1.54) is 6.92 Å². The Kier molecular flexibility index (Phi) is 2.63. The number of hydrogen-bond acceptors (Lipinski definition) is 3. The van der Waals surface area contributed by atoms with Crippen molar-refractivity contribution in [3.8, 4) is 5.75 Å². The SMILES string of the molecule is CC=Nc1cc(OC(C)=O)c[nH]1. The predicted molar refractivity (Wildman–Crippen MR) is 45.9 cm³/mol. The van der Waals surface area contributed by atoms with E-state index in [0.29, 0.717) is 11.6 Å². The number of ether oxygens (including phenoxy) is 1. The molecule has 0 aromatic carbocycles. The summed E-state index contributed by atoms with van der Waals surface area (Å²) in [5, 5.41) is 0. The van der Waals surface area contributed by atoms with E-state index in [1.807, 2.05) is 6.92 Å². The number of aromatic nitrogens is 1. The maximum absolute atomic E-state index is 10.5. The molecule has 0 aliphatic rings. The third kappa shape index (κ3) is 2.23. The summed E-state index contributed by atoms with van der Waals surface area (Å²) in [4.78, 5) is 17.3. The van der Waals surface area contributed by atoms with Gasteiger partial charge in [-0.25, -0.2) is 4.99 Å². The Labute approximate surface area is 70.3 Å². The summed E-state index contributed by atoms with van der Waals surface area (Å²) >= 11 is 0. The summed E-state index contributed by atoms with van der Waals surface area (Å²) < 4.78 is 4.80. The Hall–Kier alpha value is -1.58. The standard InChI is InChI=1S/C8H10N2O2/c1-3-9-8-4-7(5-10-8)12-6(2)11/h3-5,10H,1-2H3. The first-order chi connectivity index (χ1) is 5.72. The third-order valence-corrected chi connectivity index (χ3v) is 1.17. The summed E-state index contributed by atoms with van der Waals surface area (Å²) in [6.45, 7) is 3.17. The summed E-state index contributed by atoms with van der Waals surface area (Å²) in [5.41, 5.74) is 0. The Morgan fingerprint density at radius 2 is 2.50 bits per heavy atom. The van der Waals surface area contributed by atoms with E-state index in [2.05, 4.69) is 9.98 Å². The van der Waals surface area contributed by atoms with Crippen molar-refractivity contribution < 1.29 is 9.53 Å². The predicted octanol–water partition coefficient (Wildman–Crippen LogP) is 1.66. The van der Waals surface area contributed by atoms with Crippen LogP contribution in [0.2, 0.25) is 0 Å². The van der Waals surface area contributed by atoms with Crippen molar-refractivity contribution in [3.63, 3.8) is 0 Å². The first-order valence-corrected chi connectivity index (χ1v) is 3.58. The molecule has 4 heteroatoms. The van der Waals surface area contributed by atoms with Gasteiger partial charge in [-0.15, -0.1) is 0 Å². The van der Waals surface area contributed by atoms with Crippen LogP contribution in [0.5, 0.6) is 5.75 Å². The van der Waals surface area contributed by atoms with Crippen molar-refractivity contribution in [2.75, 3.05) is 0 Å². The quantitative estimate of drug-likeness (QED) is 0.536. The zero-order chi connectivity index (χ0) is 8.97. The molecule has 12 heavy (non-hydrogen) atoms. The number of esters is 1. The minimum absolute atomic E-state index is 0.332. The molecule has 1 aromatic rings. The first-order valence-electron chi connectivity index (χ1n) is 3.58. The molecule has 0 radical (unpaired) electrons. The summed E-state index contributed by atoms with van der Waals surface area (Å²) in [6, 6.07) is 1.65. The fourth-order valence-electron chi connectivity index (χ4n) is 0.802. The fourth-order valence-corrected chi connectivity index (χ4v) is 0.802. The van der Waals surface area contributed by atoms with Crippen LogP contribution in [0.3, 0.4) is 0 Å². The van der Waals surface area contributed by atoms with Gasteiger partial charge < -0.3 is 9.72 Å². The topological polar surface area (TPSA) is 54.4 Å². The molecule has 0 fully saturated rings. The second-order valence-corrected chi connectivity index (χ2v) is 2.20. The average Bonchev–Trinajstić information content (AvgIpc) is 2.36. The van der Waals surface area contributed by atoms with Crippen molar-refractivity contribution >= 4 is 18.0 Å². The van der Waals surface area contributed by atoms with Crippen LogP contribution < -0.4 is 4.74 Å². The van der Waals surface area contributed by atoms with Crippen molar-refractivity contribution in [2.24, 2.45) is 4.99 Å².